The minimum atomic E-state index is -0.235. The number of anilines is 1. The smallest absolute Gasteiger partial charge is 0.129 e. The molecule has 2 nitrogen and oxygen atoms in total. The van der Waals surface area contributed by atoms with Gasteiger partial charge in [0, 0.05) is 30.9 Å². The summed E-state index contributed by atoms with van der Waals surface area (Å²) in [5.74, 6) is -0.0492. The lowest BCUT2D eigenvalue weighted by molar-refractivity contribution is 0.202. The summed E-state index contributed by atoms with van der Waals surface area (Å²) in [6.07, 6.45) is 2.02. The quantitative estimate of drug-likeness (QED) is 0.664. The number of halogens is 2. The Balaban J connectivity index is 3.12. The maximum absolute atomic E-state index is 13.9. The minimum absolute atomic E-state index is 0.186. The molecule has 0 unspecified atom stereocenters. The first-order chi connectivity index (χ1) is 9.19. The molecule has 1 aromatic rings. The van der Waals surface area contributed by atoms with E-state index in [0.717, 1.165) is 25.1 Å². The highest BCUT2D eigenvalue weighted by Gasteiger charge is 2.19. The van der Waals surface area contributed by atoms with Crippen LogP contribution >= 0.6 is 11.6 Å². The lowest BCUT2D eigenvalue weighted by Gasteiger charge is -2.34. The number of methoxy groups -OCH3 is 1. The summed E-state index contributed by atoms with van der Waals surface area (Å²) in [6, 6.07) is 5.51. The Labute approximate surface area is 120 Å². The van der Waals surface area contributed by atoms with Gasteiger partial charge in [0.1, 0.15) is 5.82 Å². The molecule has 0 heterocycles. The number of hydrogen-bond acceptors (Lipinski definition) is 2. The number of rotatable bonds is 8. The van der Waals surface area contributed by atoms with Gasteiger partial charge in [-0.2, -0.15) is 0 Å². The molecule has 0 fully saturated rings. The molecule has 0 aliphatic rings. The maximum Gasteiger partial charge on any atom is 0.129 e. The zero-order valence-electron chi connectivity index (χ0n) is 12.0. The van der Waals surface area contributed by atoms with E-state index in [2.05, 4.69) is 18.7 Å². The number of hydrogen-bond donors (Lipinski definition) is 0. The Morgan fingerprint density at radius 3 is 2.53 bits per heavy atom. The van der Waals surface area contributed by atoms with Crippen molar-refractivity contribution in [2.75, 3.05) is 25.2 Å². The first kappa shape index (κ1) is 16.3. The van der Waals surface area contributed by atoms with Crippen molar-refractivity contribution in [3.05, 3.63) is 29.6 Å². The third-order valence-electron chi connectivity index (χ3n) is 3.46. The summed E-state index contributed by atoms with van der Waals surface area (Å²) < 4.78 is 19.0. The molecule has 0 saturated heterocycles. The molecule has 0 atom stereocenters. The summed E-state index contributed by atoms with van der Waals surface area (Å²) >= 11 is 5.91. The van der Waals surface area contributed by atoms with Crippen molar-refractivity contribution in [2.45, 2.75) is 38.6 Å². The van der Waals surface area contributed by atoms with Crippen LogP contribution in [0.25, 0.3) is 0 Å². The Kier molecular flexibility index (Phi) is 7.17. The third kappa shape index (κ3) is 4.08. The molecule has 1 rings (SSSR count). The van der Waals surface area contributed by atoms with Gasteiger partial charge in [-0.3, -0.25) is 0 Å². The van der Waals surface area contributed by atoms with E-state index in [1.165, 1.54) is 6.07 Å². The van der Waals surface area contributed by atoms with E-state index < -0.39 is 0 Å². The molecule has 1 aromatic carbocycles. The van der Waals surface area contributed by atoms with Crippen LogP contribution in [-0.2, 0) is 10.6 Å². The summed E-state index contributed by atoms with van der Waals surface area (Å²) in [4.78, 5) is 2.21. The summed E-state index contributed by atoms with van der Waals surface area (Å²) in [5.41, 5.74) is 1.47. The normalized spacial score (nSPS) is 11.1. The van der Waals surface area contributed by atoms with Gasteiger partial charge in [0.25, 0.3) is 0 Å². The molecule has 0 saturated carbocycles. The fourth-order valence-corrected chi connectivity index (χ4v) is 2.63. The van der Waals surface area contributed by atoms with Crippen molar-refractivity contribution in [1.82, 2.24) is 0 Å². The molecule has 108 valence electrons. The van der Waals surface area contributed by atoms with E-state index in [0.29, 0.717) is 18.2 Å². The lowest BCUT2D eigenvalue weighted by atomic mass is 10.1. The van der Waals surface area contributed by atoms with Crippen LogP contribution in [-0.4, -0.2) is 26.3 Å². The molecule has 4 heteroatoms. The predicted molar refractivity (Wildman–Crippen MR) is 79.5 cm³/mol. The van der Waals surface area contributed by atoms with Gasteiger partial charge < -0.3 is 9.64 Å². The van der Waals surface area contributed by atoms with Crippen molar-refractivity contribution < 1.29 is 9.13 Å². The van der Waals surface area contributed by atoms with Crippen LogP contribution in [0.3, 0.4) is 0 Å². The topological polar surface area (TPSA) is 12.5 Å². The van der Waals surface area contributed by atoms with Crippen molar-refractivity contribution in [3.8, 4) is 0 Å². The van der Waals surface area contributed by atoms with Crippen LogP contribution in [0.1, 0.15) is 32.3 Å². The van der Waals surface area contributed by atoms with E-state index in [1.807, 2.05) is 6.07 Å². The summed E-state index contributed by atoms with van der Waals surface area (Å²) in [7, 11) is 1.68. The largest absolute Gasteiger partial charge is 0.383 e. The number of alkyl halides is 1. The first-order valence-corrected chi connectivity index (χ1v) is 7.31. The van der Waals surface area contributed by atoms with Gasteiger partial charge in [-0.15, -0.1) is 11.6 Å². The van der Waals surface area contributed by atoms with Crippen LogP contribution in [0, 0.1) is 5.82 Å². The fraction of sp³-hybridized carbons (Fsp3) is 0.600. The Hall–Kier alpha value is -0.800. The third-order valence-corrected chi connectivity index (χ3v) is 3.72. The highest BCUT2D eigenvalue weighted by atomic mass is 35.5. The number of nitrogens with zero attached hydrogens (tertiary/aromatic N) is 1. The maximum atomic E-state index is 13.9. The summed E-state index contributed by atoms with van der Waals surface area (Å²) in [5, 5.41) is 0. The van der Waals surface area contributed by atoms with E-state index in [1.54, 1.807) is 13.2 Å². The van der Waals surface area contributed by atoms with Gasteiger partial charge in [0.15, 0.2) is 0 Å². The van der Waals surface area contributed by atoms with Gasteiger partial charge in [-0.05, 0) is 25.0 Å². The standard InChI is InChI=1S/C15H23ClFNO/c1-4-12(5-2)18(9-10-19-3)15-8-6-7-14(17)13(15)11-16/h6-8,12H,4-5,9-11H2,1-3H3. The molecule has 0 spiro atoms. The number of benzene rings is 1. The van der Waals surface area contributed by atoms with Crippen molar-refractivity contribution in [1.29, 1.82) is 0 Å². The average Bonchev–Trinajstić information content (AvgIpc) is 2.43. The van der Waals surface area contributed by atoms with E-state index >= 15 is 0 Å². The zero-order chi connectivity index (χ0) is 14.3. The second-order valence-electron chi connectivity index (χ2n) is 4.53. The van der Waals surface area contributed by atoms with Crippen LogP contribution in [0.5, 0.6) is 0 Å². The van der Waals surface area contributed by atoms with Gasteiger partial charge in [-0.1, -0.05) is 19.9 Å². The highest BCUT2D eigenvalue weighted by Crippen LogP contribution is 2.28. The molecule has 19 heavy (non-hydrogen) atoms. The van der Waals surface area contributed by atoms with Crippen molar-refractivity contribution in [3.63, 3.8) is 0 Å². The van der Waals surface area contributed by atoms with Crippen LogP contribution in [0.4, 0.5) is 10.1 Å². The van der Waals surface area contributed by atoms with Crippen molar-refractivity contribution in [2.24, 2.45) is 0 Å². The Bertz CT molecular complexity index is 382. The molecule has 0 radical (unpaired) electrons. The highest BCUT2D eigenvalue weighted by molar-refractivity contribution is 6.17. The molecule has 0 aliphatic heterocycles. The van der Waals surface area contributed by atoms with Gasteiger partial charge in [0.2, 0.25) is 0 Å². The van der Waals surface area contributed by atoms with Crippen LogP contribution in [0.2, 0.25) is 0 Å². The van der Waals surface area contributed by atoms with Crippen molar-refractivity contribution >= 4 is 17.3 Å². The minimum Gasteiger partial charge on any atom is -0.383 e. The lowest BCUT2D eigenvalue weighted by Crippen LogP contribution is -2.37. The van der Waals surface area contributed by atoms with Gasteiger partial charge >= 0.3 is 0 Å². The Morgan fingerprint density at radius 2 is 2.00 bits per heavy atom. The molecule has 0 amide bonds. The van der Waals surface area contributed by atoms with Crippen LogP contribution < -0.4 is 4.90 Å². The fourth-order valence-electron chi connectivity index (χ4n) is 2.37. The SMILES string of the molecule is CCC(CC)N(CCOC)c1cccc(F)c1CCl. The monoisotopic (exact) mass is 287 g/mol. The Morgan fingerprint density at radius 1 is 1.32 bits per heavy atom. The molecule has 0 N–H and O–H groups in total. The molecular formula is C15H23ClFNO. The van der Waals surface area contributed by atoms with Crippen LogP contribution in [0.15, 0.2) is 18.2 Å². The van der Waals surface area contributed by atoms with Gasteiger partial charge in [0.05, 0.1) is 12.5 Å². The molecule has 0 aliphatic carbocycles. The molecule has 0 bridgehead atoms. The molecular weight excluding hydrogens is 265 g/mol. The van der Waals surface area contributed by atoms with Gasteiger partial charge in [-0.25, -0.2) is 4.39 Å². The van der Waals surface area contributed by atoms with E-state index in [4.69, 9.17) is 16.3 Å². The van der Waals surface area contributed by atoms with E-state index in [9.17, 15) is 4.39 Å². The second kappa shape index (κ2) is 8.39. The van der Waals surface area contributed by atoms with E-state index in [-0.39, 0.29) is 11.7 Å². The predicted octanol–water partition coefficient (Wildman–Crippen LogP) is 4.21. The summed E-state index contributed by atoms with van der Waals surface area (Å²) in [6.45, 7) is 5.66. The second-order valence-corrected chi connectivity index (χ2v) is 4.79. The number of ether oxygens (including phenoxy) is 1. The first-order valence-electron chi connectivity index (χ1n) is 6.78. The average molecular weight is 288 g/mol. The molecule has 0 aromatic heterocycles. The zero-order valence-corrected chi connectivity index (χ0v) is 12.7.